The molecular formula is C15H25NO. The van der Waals surface area contributed by atoms with Crippen molar-refractivity contribution in [3.63, 3.8) is 0 Å². The van der Waals surface area contributed by atoms with Gasteiger partial charge in [0.2, 0.25) is 5.91 Å². The van der Waals surface area contributed by atoms with Crippen molar-refractivity contribution in [2.75, 3.05) is 0 Å². The second-order valence-electron chi connectivity index (χ2n) is 5.80. The Labute approximate surface area is 106 Å². The van der Waals surface area contributed by atoms with Crippen molar-refractivity contribution in [3.05, 3.63) is 0 Å². The highest BCUT2D eigenvalue weighted by Gasteiger charge is 2.37. The average Bonchev–Trinajstić information content (AvgIpc) is 2.27. The maximum atomic E-state index is 12.3. The quantitative estimate of drug-likeness (QED) is 0.745. The van der Waals surface area contributed by atoms with Crippen LogP contribution in [-0.4, -0.2) is 11.9 Å². The van der Waals surface area contributed by atoms with Crippen LogP contribution >= 0.6 is 0 Å². The molecule has 0 radical (unpaired) electrons. The van der Waals surface area contributed by atoms with Gasteiger partial charge in [0.25, 0.3) is 0 Å². The van der Waals surface area contributed by atoms with E-state index in [-0.39, 0.29) is 23.3 Å². The second kappa shape index (κ2) is 6.10. The molecule has 1 saturated carbocycles. The van der Waals surface area contributed by atoms with Crippen LogP contribution < -0.4 is 5.32 Å². The number of amides is 1. The van der Waals surface area contributed by atoms with Crippen LogP contribution in [0.2, 0.25) is 0 Å². The van der Waals surface area contributed by atoms with Crippen LogP contribution in [0.4, 0.5) is 0 Å². The summed E-state index contributed by atoms with van der Waals surface area (Å²) in [6.07, 6.45) is 11.9. The van der Waals surface area contributed by atoms with Gasteiger partial charge in [-0.2, -0.15) is 0 Å². The van der Waals surface area contributed by atoms with Crippen LogP contribution in [0.25, 0.3) is 0 Å². The van der Waals surface area contributed by atoms with E-state index in [2.05, 4.69) is 32.0 Å². The van der Waals surface area contributed by atoms with Gasteiger partial charge in [-0.05, 0) is 24.7 Å². The van der Waals surface area contributed by atoms with Crippen molar-refractivity contribution < 1.29 is 4.79 Å². The lowest BCUT2D eigenvalue weighted by atomic mass is 9.68. The zero-order chi connectivity index (χ0) is 12.9. The van der Waals surface area contributed by atoms with E-state index < -0.39 is 0 Å². The lowest BCUT2D eigenvalue weighted by Crippen LogP contribution is -2.44. The van der Waals surface area contributed by atoms with Gasteiger partial charge in [-0.3, -0.25) is 4.79 Å². The topological polar surface area (TPSA) is 29.1 Å². The molecule has 1 N–H and O–H groups in total. The van der Waals surface area contributed by atoms with Gasteiger partial charge in [0.15, 0.2) is 0 Å². The van der Waals surface area contributed by atoms with Gasteiger partial charge in [-0.25, -0.2) is 0 Å². The Balaban J connectivity index is 2.59. The minimum Gasteiger partial charge on any atom is -0.342 e. The summed E-state index contributed by atoms with van der Waals surface area (Å²) in [4.78, 5) is 12.3. The molecule has 1 rings (SSSR count). The van der Waals surface area contributed by atoms with E-state index >= 15 is 0 Å². The molecule has 0 aliphatic heterocycles. The van der Waals surface area contributed by atoms with E-state index in [0.717, 1.165) is 32.1 Å². The number of nitrogens with one attached hydrogen (secondary N) is 1. The van der Waals surface area contributed by atoms with E-state index in [9.17, 15) is 4.79 Å². The molecule has 2 unspecified atom stereocenters. The van der Waals surface area contributed by atoms with Gasteiger partial charge in [0.1, 0.15) is 0 Å². The summed E-state index contributed by atoms with van der Waals surface area (Å²) in [7, 11) is 0. The highest BCUT2D eigenvalue weighted by atomic mass is 16.2. The fourth-order valence-corrected chi connectivity index (χ4v) is 2.74. The Bertz CT molecular complexity index is 301. The van der Waals surface area contributed by atoms with Crippen LogP contribution in [0, 0.1) is 23.7 Å². The summed E-state index contributed by atoms with van der Waals surface area (Å²) >= 11 is 0. The summed E-state index contributed by atoms with van der Waals surface area (Å²) < 4.78 is 0. The molecule has 1 aliphatic rings. The van der Waals surface area contributed by atoms with E-state index in [1.807, 2.05) is 0 Å². The monoisotopic (exact) mass is 235 g/mol. The predicted octanol–water partition coefficient (Wildman–Crippen LogP) is 3.12. The van der Waals surface area contributed by atoms with Gasteiger partial charge in [-0.15, -0.1) is 6.42 Å². The van der Waals surface area contributed by atoms with E-state index in [0.29, 0.717) is 0 Å². The van der Waals surface area contributed by atoms with Gasteiger partial charge < -0.3 is 5.32 Å². The van der Waals surface area contributed by atoms with Crippen LogP contribution in [0.1, 0.15) is 59.3 Å². The average molecular weight is 235 g/mol. The molecular weight excluding hydrogens is 210 g/mol. The summed E-state index contributed by atoms with van der Waals surface area (Å²) in [5.41, 5.74) is 0.119. The van der Waals surface area contributed by atoms with E-state index in [1.165, 1.54) is 6.42 Å². The lowest BCUT2D eigenvalue weighted by Gasteiger charge is -2.37. The first kappa shape index (κ1) is 14.1. The standard InChI is InChI=1S/C15H25NO/c1-5-9-12(6-2)16-14(17)13-10-7-8-11-15(13,3)4/h2,12-13H,5,7-11H2,1,3-4H3,(H,16,17). The van der Waals surface area contributed by atoms with E-state index in [1.54, 1.807) is 0 Å². The molecule has 0 aromatic rings. The van der Waals surface area contributed by atoms with Crippen molar-refractivity contribution in [1.29, 1.82) is 0 Å². The number of rotatable bonds is 4. The molecule has 0 aromatic heterocycles. The summed E-state index contributed by atoms with van der Waals surface area (Å²) in [5.74, 6) is 2.96. The molecule has 96 valence electrons. The molecule has 1 aliphatic carbocycles. The summed E-state index contributed by atoms with van der Waals surface area (Å²) in [6, 6.07) is -0.0924. The van der Waals surface area contributed by atoms with Crippen molar-refractivity contribution >= 4 is 5.91 Å². The Morgan fingerprint density at radius 2 is 2.24 bits per heavy atom. The van der Waals surface area contributed by atoms with Gasteiger partial charge in [0.05, 0.1) is 6.04 Å². The molecule has 0 spiro atoms. The molecule has 2 nitrogen and oxygen atoms in total. The zero-order valence-electron chi connectivity index (χ0n) is 11.4. The fraction of sp³-hybridized carbons (Fsp3) is 0.800. The van der Waals surface area contributed by atoms with Crippen LogP contribution in [0.3, 0.4) is 0 Å². The Kier molecular flexibility index (Phi) is 5.05. The molecule has 17 heavy (non-hydrogen) atoms. The SMILES string of the molecule is C#CC(CCC)NC(=O)C1CCCCC1(C)C. The number of hydrogen-bond donors (Lipinski definition) is 1. The lowest BCUT2D eigenvalue weighted by molar-refractivity contribution is -0.130. The first-order valence-electron chi connectivity index (χ1n) is 6.77. The smallest absolute Gasteiger partial charge is 0.224 e. The molecule has 2 atom stereocenters. The van der Waals surface area contributed by atoms with Gasteiger partial charge in [0, 0.05) is 5.92 Å². The highest BCUT2D eigenvalue weighted by Crippen LogP contribution is 2.40. The third-order valence-corrected chi connectivity index (χ3v) is 3.92. The molecule has 0 saturated heterocycles. The largest absolute Gasteiger partial charge is 0.342 e. The maximum absolute atomic E-state index is 12.3. The van der Waals surface area contributed by atoms with Crippen LogP contribution in [0.15, 0.2) is 0 Å². The van der Waals surface area contributed by atoms with Crippen LogP contribution in [-0.2, 0) is 4.79 Å². The Hall–Kier alpha value is -0.970. The molecule has 2 heteroatoms. The van der Waals surface area contributed by atoms with Crippen molar-refractivity contribution in [2.24, 2.45) is 11.3 Å². The Morgan fingerprint density at radius 1 is 1.53 bits per heavy atom. The third-order valence-electron chi connectivity index (χ3n) is 3.92. The molecule has 1 amide bonds. The maximum Gasteiger partial charge on any atom is 0.224 e. The molecule has 0 bridgehead atoms. The molecule has 0 aromatic carbocycles. The fourth-order valence-electron chi connectivity index (χ4n) is 2.74. The number of hydrogen-bond acceptors (Lipinski definition) is 1. The highest BCUT2D eigenvalue weighted by molar-refractivity contribution is 5.80. The second-order valence-corrected chi connectivity index (χ2v) is 5.80. The van der Waals surface area contributed by atoms with Gasteiger partial charge >= 0.3 is 0 Å². The van der Waals surface area contributed by atoms with Crippen molar-refractivity contribution in [1.82, 2.24) is 5.32 Å². The number of carbonyl (C=O) groups is 1. The Morgan fingerprint density at radius 3 is 2.76 bits per heavy atom. The zero-order valence-corrected chi connectivity index (χ0v) is 11.4. The number of terminal acetylenes is 1. The normalized spacial score (nSPS) is 24.7. The minimum atomic E-state index is -0.0924. The van der Waals surface area contributed by atoms with Crippen LogP contribution in [0.5, 0.6) is 0 Å². The molecule has 0 heterocycles. The minimum absolute atomic E-state index is 0.0924. The predicted molar refractivity (Wildman–Crippen MR) is 71.4 cm³/mol. The van der Waals surface area contributed by atoms with Crippen molar-refractivity contribution in [2.45, 2.75) is 65.3 Å². The third kappa shape index (κ3) is 3.77. The van der Waals surface area contributed by atoms with Crippen molar-refractivity contribution in [3.8, 4) is 12.3 Å². The van der Waals surface area contributed by atoms with Gasteiger partial charge in [-0.1, -0.05) is 46.0 Å². The number of carbonyl (C=O) groups excluding carboxylic acids is 1. The molecule has 1 fully saturated rings. The first-order valence-corrected chi connectivity index (χ1v) is 6.77. The summed E-state index contributed by atoms with van der Waals surface area (Å²) in [5, 5.41) is 3.02. The van der Waals surface area contributed by atoms with E-state index in [4.69, 9.17) is 6.42 Å². The first-order chi connectivity index (χ1) is 8.01. The summed E-state index contributed by atoms with van der Waals surface area (Å²) in [6.45, 7) is 6.48.